The molecule has 5 aromatic rings. The van der Waals surface area contributed by atoms with Crippen molar-refractivity contribution in [1.29, 1.82) is 0 Å². The van der Waals surface area contributed by atoms with Crippen LogP contribution in [0.25, 0.3) is 11.3 Å². The molecular formula is C42H40N4O6. The predicted molar refractivity (Wildman–Crippen MR) is 198 cm³/mol. The molecule has 0 bridgehead atoms. The molecule has 4 aromatic carbocycles. The topological polar surface area (TPSA) is 112 Å². The lowest BCUT2D eigenvalue weighted by atomic mass is 9.90. The molecule has 10 heteroatoms. The number of hydrogen-bond acceptors (Lipinski definition) is 5. The first-order chi connectivity index (χ1) is 25.0. The molecule has 1 aromatic heterocycles. The number of amides is 3. The summed E-state index contributed by atoms with van der Waals surface area (Å²) in [5, 5.41) is 9.37. The molecule has 7 rings (SSSR count). The minimum absolute atomic E-state index is 0.0204. The highest BCUT2D eigenvalue weighted by molar-refractivity contribution is 6.08. The number of aromatic nitrogens is 1. The lowest BCUT2D eigenvalue weighted by Crippen LogP contribution is -2.43. The number of benzene rings is 4. The van der Waals surface area contributed by atoms with Crippen molar-refractivity contribution in [2.24, 2.45) is 7.05 Å². The molecule has 264 valence electrons. The van der Waals surface area contributed by atoms with Crippen LogP contribution in [-0.4, -0.2) is 63.0 Å². The Balaban J connectivity index is 1.26. The van der Waals surface area contributed by atoms with Gasteiger partial charge in [-0.25, -0.2) is 9.59 Å². The van der Waals surface area contributed by atoms with Gasteiger partial charge in [0.2, 0.25) is 0 Å². The monoisotopic (exact) mass is 696 g/mol. The van der Waals surface area contributed by atoms with Crippen molar-refractivity contribution in [3.05, 3.63) is 142 Å². The SMILES string of the molecule is Cc1c(C(=O)N(C)c2ccccc2)cc(-c2cc3c(cc2C(=O)N2Cc4ccccc4C[C@H]2C)CN(C(=O)Oc2cccc(C(=O)O)c2)CC3)n1C. The predicted octanol–water partition coefficient (Wildman–Crippen LogP) is 7.12. The molecule has 0 aliphatic carbocycles. The number of hydrogen-bond donors (Lipinski definition) is 1. The van der Waals surface area contributed by atoms with E-state index < -0.39 is 12.1 Å². The number of fused-ring (bicyclic) bond motifs is 2. The van der Waals surface area contributed by atoms with Gasteiger partial charge in [0.05, 0.1) is 11.1 Å². The minimum atomic E-state index is -1.11. The van der Waals surface area contributed by atoms with Crippen LogP contribution in [0, 0.1) is 6.92 Å². The van der Waals surface area contributed by atoms with Gasteiger partial charge in [0.1, 0.15) is 5.75 Å². The van der Waals surface area contributed by atoms with Crippen molar-refractivity contribution in [2.75, 3.05) is 18.5 Å². The highest BCUT2D eigenvalue weighted by Gasteiger charge is 2.32. The van der Waals surface area contributed by atoms with Gasteiger partial charge in [0.15, 0.2) is 0 Å². The van der Waals surface area contributed by atoms with E-state index in [-0.39, 0.29) is 35.7 Å². The van der Waals surface area contributed by atoms with Gasteiger partial charge >= 0.3 is 12.1 Å². The third-order valence-electron chi connectivity index (χ3n) is 10.4. The van der Waals surface area contributed by atoms with E-state index in [4.69, 9.17) is 4.74 Å². The molecule has 0 saturated heterocycles. The van der Waals surface area contributed by atoms with Gasteiger partial charge in [-0.2, -0.15) is 0 Å². The van der Waals surface area contributed by atoms with Gasteiger partial charge in [-0.1, -0.05) is 48.5 Å². The fraction of sp³-hybridized carbons (Fsp3) is 0.238. The molecule has 2 aliphatic heterocycles. The summed E-state index contributed by atoms with van der Waals surface area (Å²) in [6.45, 7) is 5.03. The first-order valence-electron chi connectivity index (χ1n) is 17.3. The smallest absolute Gasteiger partial charge is 0.415 e. The van der Waals surface area contributed by atoms with Gasteiger partial charge < -0.3 is 29.1 Å². The third-order valence-corrected chi connectivity index (χ3v) is 10.4. The van der Waals surface area contributed by atoms with E-state index in [1.54, 1.807) is 22.9 Å². The van der Waals surface area contributed by atoms with Crippen LogP contribution < -0.4 is 9.64 Å². The average Bonchev–Trinajstić information content (AvgIpc) is 3.46. The Morgan fingerprint density at radius 2 is 1.54 bits per heavy atom. The van der Waals surface area contributed by atoms with Crippen molar-refractivity contribution in [2.45, 2.75) is 45.8 Å². The molecule has 52 heavy (non-hydrogen) atoms. The highest BCUT2D eigenvalue weighted by Crippen LogP contribution is 2.36. The van der Waals surface area contributed by atoms with Gasteiger partial charge in [-0.3, -0.25) is 9.59 Å². The zero-order valence-electron chi connectivity index (χ0n) is 29.6. The number of carbonyl (C=O) groups excluding carboxylic acids is 3. The number of ether oxygens (including phenoxy) is 1. The number of aromatic carboxylic acids is 1. The van der Waals surface area contributed by atoms with Crippen LogP contribution in [0.3, 0.4) is 0 Å². The minimum Gasteiger partial charge on any atom is -0.478 e. The maximum Gasteiger partial charge on any atom is 0.415 e. The number of para-hydroxylation sites is 1. The molecule has 1 N–H and O–H groups in total. The summed E-state index contributed by atoms with van der Waals surface area (Å²) < 4.78 is 7.56. The second kappa shape index (κ2) is 13.9. The van der Waals surface area contributed by atoms with Crippen LogP contribution in [0.2, 0.25) is 0 Å². The van der Waals surface area contributed by atoms with Crippen molar-refractivity contribution in [3.63, 3.8) is 0 Å². The Morgan fingerprint density at radius 3 is 2.29 bits per heavy atom. The van der Waals surface area contributed by atoms with Gasteiger partial charge in [-0.15, -0.1) is 0 Å². The standard InChI is InChI=1S/C42H40N4O6/c1-26-19-28-11-8-9-12-31(28)25-46(26)40(48)37-22-32-24-45(42(51)52-34-16-10-13-30(20-34)41(49)50)18-17-29(32)21-36(37)38-23-35(27(2)43(38)3)39(47)44(4)33-14-6-5-7-15-33/h5-16,20-23,26H,17-19,24-25H2,1-4H3,(H,49,50)/t26-/m1/s1. The van der Waals surface area contributed by atoms with Crippen LogP contribution in [0.15, 0.2) is 97.1 Å². The largest absolute Gasteiger partial charge is 0.478 e. The summed E-state index contributed by atoms with van der Waals surface area (Å²) in [6.07, 6.45) is 0.647. The summed E-state index contributed by atoms with van der Waals surface area (Å²) in [6, 6.07) is 29.2. The number of carboxylic acids is 1. The maximum absolute atomic E-state index is 14.8. The Bertz CT molecular complexity index is 2230. The first-order valence-corrected chi connectivity index (χ1v) is 17.3. The number of carbonyl (C=O) groups is 4. The Kier molecular flexibility index (Phi) is 9.14. The molecule has 10 nitrogen and oxygen atoms in total. The van der Waals surface area contributed by atoms with E-state index in [9.17, 15) is 24.3 Å². The fourth-order valence-corrected chi connectivity index (χ4v) is 7.24. The molecule has 0 unspecified atom stereocenters. The molecule has 2 aliphatic rings. The summed E-state index contributed by atoms with van der Waals surface area (Å²) in [5.74, 6) is -1.25. The lowest BCUT2D eigenvalue weighted by molar-refractivity contribution is 0.0656. The maximum atomic E-state index is 14.8. The second-order valence-electron chi connectivity index (χ2n) is 13.6. The summed E-state index contributed by atoms with van der Waals surface area (Å²) in [7, 11) is 3.67. The number of anilines is 1. The van der Waals surface area contributed by atoms with E-state index in [1.807, 2.05) is 84.1 Å². The van der Waals surface area contributed by atoms with Gasteiger partial charge in [-0.05, 0) is 97.5 Å². The first kappa shape index (κ1) is 34.3. The van der Waals surface area contributed by atoms with E-state index in [2.05, 4.69) is 19.1 Å². The molecule has 0 radical (unpaired) electrons. The molecule has 0 spiro atoms. The number of nitrogens with zero attached hydrogens (tertiary/aromatic N) is 4. The summed E-state index contributed by atoms with van der Waals surface area (Å²) >= 11 is 0. The van der Waals surface area contributed by atoms with Crippen molar-refractivity contribution >= 4 is 29.6 Å². The van der Waals surface area contributed by atoms with Gasteiger partial charge in [0.25, 0.3) is 11.8 Å². The zero-order valence-corrected chi connectivity index (χ0v) is 29.6. The Morgan fingerprint density at radius 1 is 0.808 bits per heavy atom. The van der Waals surface area contributed by atoms with Crippen molar-refractivity contribution < 1.29 is 29.0 Å². The normalized spacial score (nSPS) is 15.0. The van der Waals surface area contributed by atoms with Gasteiger partial charge in [0, 0.05) is 68.0 Å². The van der Waals surface area contributed by atoms with Crippen LogP contribution in [0.1, 0.15) is 65.9 Å². The summed E-state index contributed by atoms with van der Waals surface area (Å²) in [5.41, 5.74) is 8.25. The van der Waals surface area contributed by atoms with E-state index in [1.165, 1.54) is 23.8 Å². The third kappa shape index (κ3) is 6.43. The summed E-state index contributed by atoms with van der Waals surface area (Å²) in [4.78, 5) is 58.5. The Labute approximate surface area is 302 Å². The van der Waals surface area contributed by atoms with Crippen molar-refractivity contribution in [3.8, 4) is 17.0 Å². The van der Waals surface area contributed by atoms with E-state index in [0.29, 0.717) is 30.6 Å². The van der Waals surface area contributed by atoms with Crippen LogP contribution in [0.4, 0.5) is 10.5 Å². The second-order valence-corrected chi connectivity index (χ2v) is 13.6. The van der Waals surface area contributed by atoms with E-state index in [0.717, 1.165) is 45.7 Å². The number of rotatable bonds is 6. The quantitative estimate of drug-likeness (QED) is 0.202. The zero-order chi connectivity index (χ0) is 36.7. The van der Waals surface area contributed by atoms with E-state index >= 15 is 0 Å². The van der Waals surface area contributed by atoms with Crippen LogP contribution >= 0.6 is 0 Å². The van der Waals surface area contributed by atoms with Crippen LogP contribution in [0.5, 0.6) is 5.75 Å². The van der Waals surface area contributed by atoms with Crippen molar-refractivity contribution in [1.82, 2.24) is 14.4 Å². The molecule has 3 amide bonds. The molecule has 0 saturated carbocycles. The Hall–Kier alpha value is -6.16. The molecular weight excluding hydrogens is 656 g/mol. The number of carboxylic acid groups (broad SMARTS) is 1. The molecule has 0 fully saturated rings. The highest BCUT2D eigenvalue weighted by atomic mass is 16.6. The molecule has 1 atom stereocenters. The fourth-order valence-electron chi connectivity index (χ4n) is 7.24. The molecule has 3 heterocycles. The lowest BCUT2D eigenvalue weighted by Gasteiger charge is -2.36. The van der Waals surface area contributed by atoms with Crippen LogP contribution in [-0.2, 0) is 33.0 Å². The average molecular weight is 697 g/mol.